The standard InChI is InChI=1S/C19H14BrF2N3/c1-18(2)19(21,22)16-12(7-5-8-13(16)20)17(23-18)15-10-11-6-3-4-9-14(11)24-25-15/h3-10H,1-2H3. The van der Waals surface area contributed by atoms with Crippen molar-refractivity contribution in [2.45, 2.75) is 25.3 Å². The lowest BCUT2D eigenvalue weighted by atomic mass is 9.82. The monoisotopic (exact) mass is 401 g/mol. The average molecular weight is 402 g/mol. The molecule has 1 aromatic heterocycles. The van der Waals surface area contributed by atoms with Crippen molar-refractivity contribution in [3.05, 3.63) is 69.8 Å². The Kier molecular flexibility index (Phi) is 3.51. The van der Waals surface area contributed by atoms with Gasteiger partial charge in [-0.2, -0.15) is 8.78 Å². The highest BCUT2D eigenvalue weighted by Crippen LogP contribution is 2.49. The van der Waals surface area contributed by atoms with Gasteiger partial charge < -0.3 is 0 Å². The molecule has 3 aromatic rings. The molecule has 0 saturated carbocycles. The van der Waals surface area contributed by atoms with Gasteiger partial charge in [-0.3, -0.25) is 4.99 Å². The molecule has 0 amide bonds. The Bertz CT molecular complexity index is 1030. The molecule has 0 N–H and O–H groups in total. The maximum absolute atomic E-state index is 15.0. The lowest BCUT2D eigenvalue weighted by Crippen LogP contribution is -2.44. The maximum atomic E-state index is 15.0. The van der Waals surface area contributed by atoms with E-state index in [1.54, 1.807) is 18.2 Å². The summed E-state index contributed by atoms with van der Waals surface area (Å²) in [5.41, 5.74) is 0.407. The average Bonchev–Trinajstić information content (AvgIpc) is 2.58. The van der Waals surface area contributed by atoms with E-state index in [4.69, 9.17) is 0 Å². The molecule has 1 aliphatic heterocycles. The van der Waals surface area contributed by atoms with Crippen LogP contribution in [-0.2, 0) is 5.92 Å². The highest BCUT2D eigenvalue weighted by Gasteiger charge is 2.54. The minimum Gasteiger partial charge on any atom is -0.270 e. The third kappa shape index (κ3) is 2.39. The van der Waals surface area contributed by atoms with Gasteiger partial charge in [0.15, 0.2) is 0 Å². The van der Waals surface area contributed by atoms with Gasteiger partial charge in [-0.15, -0.1) is 10.2 Å². The third-order valence-electron chi connectivity index (χ3n) is 4.48. The van der Waals surface area contributed by atoms with Crippen molar-refractivity contribution in [1.29, 1.82) is 0 Å². The Labute approximate surface area is 151 Å². The van der Waals surface area contributed by atoms with Gasteiger partial charge in [0.25, 0.3) is 5.92 Å². The molecule has 0 aliphatic carbocycles. The van der Waals surface area contributed by atoms with Gasteiger partial charge in [-0.05, 0) is 32.0 Å². The number of rotatable bonds is 1. The molecule has 0 bridgehead atoms. The van der Waals surface area contributed by atoms with Gasteiger partial charge in [0.1, 0.15) is 11.2 Å². The topological polar surface area (TPSA) is 38.1 Å². The molecule has 0 radical (unpaired) electrons. The van der Waals surface area contributed by atoms with Crippen LogP contribution in [0.2, 0.25) is 0 Å². The molecule has 3 nitrogen and oxygen atoms in total. The summed E-state index contributed by atoms with van der Waals surface area (Å²) >= 11 is 3.28. The number of halogens is 3. The van der Waals surface area contributed by atoms with Gasteiger partial charge in [0.05, 0.1) is 11.2 Å². The summed E-state index contributed by atoms with van der Waals surface area (Å²) in [5, 5.41) is 9.33. The Morgan fingerprint density at radius 1 is 0.960 bits per heavy atom. The highest BCUT2D eigenvalue weighted by atomic mass is 79.9. The molecule has 4 rings (SSSR count). The predicted octanol–water partition coefficient (Wildman–Crippen LogP) is 5.11. The fraction of sp³-hybridized carbons (Fsp3) is 0.211. The second kappa shape index (κ2) is 5.39. The molecule has 0 atom stereocenters. The molecule has 6 heteroatoms. The van der Waals surface area contributed by atoms with Crippen LogP contribution >= 0.6 is 15.9 Å². The second-order valence-corrected chi connectivity index (χ2v) is 7.40. The summed E-state index contributed by atoms with van der Waals surface area (Å²) in [6, 6.07) is 14.4. The van der Waals surface area contributed by atoms with E-state index in [0.29, 0.717) is 21.4 Å². The molecule has 25 heavy (non-hydrogen) atoms. The fourth-order valence-electron chi connectivity index (χ4n) is 3.05. The number of hydrogen-bond donors (Lipinski definition) is 0. The van der Waals surface area contributed by atoms with Crippen molar-refractivity contribution < 1.29 is 8.78 Å². The predicted molar refractivity (Wildman–Crippen MR) is 97.3 cm³/mol. The van der Waals surface area contributed by atoms with Crippen LogP contribution in [0.5, 0.6) is 0 Å². The number of aliphatic imine (C=N–C) groups is 1. The van der Waals surface area contributed by atoms with Crippen molar-refractivity contribution >= 4 is 32.5 Å². The Morgan fingerprint density at radius 2 is 1.72 bits per heavy atom. The van der Waals surface area contributed by atoms with Crippen LogP contribution in [0.25, 0.3) is 10.9 Å². The van der Waals surface area contributed by atoms with Crippen molar-refractivity contribution in [2.75, 3.05) is 0 Å². The Balaban J connectivity index is 2.00. The lowest BCUT2D eigenvalue weighted by Gasteiger charge is -2.37. The van der Waals surface area contributed by atoms with Gasteiger partial charge in [-0.1, -0.05) is 46.3 Å². The van der Waals surface area contributed by atoms with Crippen molar-refractivity contribution in [3.8, 4) is 0 Å². The quantitative estimate of drug-likeness (QED) is 0.567. The van der Waals surface area contributed by atoms with E-state index in [1.165, 1.54) is 13.8 Å². The first-order valence-electron chi connectivity index (χ1n) is 7.81. The zero-order valence-corrected chi connectivity index (χ0v) is 15.2. The lowest BCUT2D eigenvalue weighted by molar-refractivity contribution is -0.0688. The van der Waals surface area contributed by atoms with Gasteiger partial charge in [0, 0.05) is 21.0 Å². The zero-order valence-electron chi connectivity index (χ0n) is 13.6. The number of hydrogen-bond acceptors (Lipinski definition) is 3. The van der Waals surface area contributed by atoms with E-state index in [-0.39, 0.29) is 5.56 Å². The van der Waals surface area contributed by atoms with Gasteiger partial charge in [0.2, 0.25) is 0 Å². The number of aromatic nitrogens is 2. The minimum absolute atomic E-state index is 0.0556. The number of nitrogens with zero attached hydrogens (tertiary/aromatic N) is 3. The van der Waals surface area contributed by atoms with Crippen molar-refractivity contribution in [1.82, 2.24) is 10.2 Å². The summed E-state index contributed by atoms with van der Waals surface area (Å²) in [5.74, 6) is -3.10. The number of fused-ring (bicyclic) bond motifs is 2. The van der Waals surface area contributed by atoms with Crippen LogP contribution in [0.15, 0.2) is 58.0 Å². The van der Waals surface area contributed by atoms with E-state index in [9.17, 15) is 0 Å². The molecule has 0 fully saturated rings. The van der Waals surface area contributed by atoms with Crippen LogP contribution in [-0.4, -0.2) is 21.4 Å². The summed E-state index contributed by atoms with van der Waals surface area (Å²) in [7, 11) is 0. The zero-order chi connectivity index (χ0) is 17.8. The normalized spacial score (nSPS) is 17.9. The van der Waals surface area contributed by atoms with Crippen LogP contribution in [0.1, 0.15) is 30.7 Å². The Hall–Kier alpha value is -2.21. The molecule has 2 aromatic carbocycles. The molecular weight excluding hydrogens is 388 g/mol. The molecule has 1 aliphatic rings. The van der Waals surface area contributed by atoms with Gasteiger partial charge in [-0.25, -0.2) is 0 Å². The summed E-state index contributed by atoms with van der Waals surface area (Å²) in [6.07, 6.45) is 0. The first-order chi connectivity index (χ1) is 11.8. The van der Waals surface area contributed by atoms with E-state index in [1.807, 2.05) is 30.3 Å². The molecule has 0 unspecified atom stereocenters. The molecule has 2 heterocycles. The summed E-state index contributed by atoms with van der Waals surface area (Å²) < 4.78 is 30.4. The van der Waals surface area contributed by atoms with Crippen LogP contribution in [0, 0.1) is 0 Å². The van der Waals surface area contributed by atoms with E-state index in [2.05, 4.69) is 31.1 Å². The van der Waals surface area contributed by atoms with Crippen LogP contribution in [0.4, 0.5) is 8.78 Å². The second-order valence-electron chi connectivity index (χ2n) is 6.54. The van der Waals surface area contributed by atoms with Gasteiger partial charge >= 0.3 is 0 Å². The smallest absolute Gasteiger partial charge is 0.270 e. The molecular formula is C19H14BrF2N3. The summed E-state index contributed by atoms with van der Waals surface area (Å²) in [4.78, 5) is 4.37. The van der Waals surface area contributed by atoms with Crippen LogP contribution in [0.3, 0.4) is 0 Å². The minimum atomic E-state index is -3.10. The molecule has 126 valence electrons. The van der Waals surface area contributed by atoms with Crippen molar-refractivity contribution in [3.63, 3.8) is 0 Å². The van der Waals surface area contributed by atoms with Crippen molar-refractivity contribution in [2.24, 2.45) is 4.99 Å². The third-order valence-corrected chi connectivity index (χ3v) is 5.14. The highest BCUT2D eigenvalue weighted by molar-refractivity contribution is 9.10. The van der Waals surface area contributed by atoms with E-state index in [0.717, 1.165) is 10.9 Å². The van der Waals surface area contributed by atoms with Crippen LogP contribution < -0.4 is 0 Å². The fourth-order valence-corrected chi connectivity index (χ4v) is 3.67. The van der Waals surface area contributed by atoms with E-state index < -0.39 is 11.5 Å². The molecule has 0 spiro atoms. The first-order valence-corrected chi connectivity index (χ1v) is 8.60. The Morgan fingerprint density at radius 3 is 2.52 bits per heavy atom. The largest absolute Gasteiger partial charge is 0.299 e. The number of benzene rings is 2. The maximum Gasteiger partial charge on any atom is 0.299 e. The first kappa shape index (κ1) is 16.3. The number of alkyl halides is 2. The summed E-state index contributed by atoms with van der Waals surface area (Å²) in [6.45, 7) is 2.87. The SMILES string of the molecule is CC1(C)N=C(c2cc3ccccc3nn2)c2cccc(Br)c2C1(F)F. The molecule has 0 saturated heterocycles. The van der Waals surface area contributed by atoms with E-state index >= 15 is 8.78 Å².